The Kier molecular flexibility index (Phi) is 2.17. The zero-order chi connectivity index (χ0) is 10.1. The lowest BCUT2D eigenvalue weighted by Gasteiger charge is -2.04. The normalized spacial score (nSPS) is 10.4. The standard InChI is InChI=1S/C10H10ClN3/c1-7-4-5-14(13-7)10-3-2-8(12)6-9(10)11/h2-6H,12H2,1H3. The third-order valence-electron chi connectivity index (χ3n) is 1.94. The predicted octanol–water partition coefficient (Wildman–Crippen LogP) is 2.42. The van der Waals surface area contributed by atoms with Crippen molar-refractivity contribution in [2.24, 2.45) is 0 Å². The number of benzene rings is 1. The highest BCUT2D eigenvalue weighted by Gasteiger charge is 2.03. The number of hydrogen-bond acceptors (Lipinski definition) is 2. The summed E-state index contributed by atoms with van der Waals surface area (Å²) in [5.41, 5.74) is 8.05. The molecule has 1 aromatic heterocycles. The van der Waals surface area contributed by atoms with Crippen molar-refractivity contribution >= 4 is 17.3 Å². The fourth-order valence-corrected chi connectivity index (χ4v) is 1.53. The first kappa shape index (κ1) is 9.09. The molecule has 1 aromatic carbocycles. The second kappa shape index (κ2) is 3.35. The lowest BCUT2D eigenvalue weighted by Crippen LogP contribution is -1.96. The van der Waals surface area contributed by atoms with Crippen LogP contribution in [-0.4, -0.2) is 9.78 Å². The fourth-order valence-electron chi connectivity index (χ4n) is 1.26. The van der Waals surface area contributed by atoms with Gasteiger partial charge < -0.3 is 5.73 Å². The molecule has 3 nitrogen and oxygen atoms in total. The molecule has 2 aromatic rings. The van der Waals surface area contributed by atoms with Crippen LogP contribution in [-0.2, 0) is 0 Å². The van der Waals surface area contributed by atoms with Crippen LogP contribution in [0.3, 0.4) is 0 Å². The van der Waals surface area contributed by atoms with E-state index in [1.165, 1.54) is 0 Å². The van der Waals surface area contributed by atoms with Gasteiger partial charge >= 0.3 is 0 Å². The maximum Gasteiger partial charge on any atom is 0.0833 e. The first-order chi connectivity index (χ1) is 6.66. The number of aromatic nitrogens is 2. The van der Waals surface area contributed by atoms with Crippen LogP contribution in [0.5, 0.6) is 0 Å². The summed E-state index contributed by atoms with van der Waals surface area (Å²) in [6.07, 6.45) is 1.87. The molecule has 0 saturated carbocycles. The summed E-state index contributed by atoms with van der Waals surface area (Å²) in [5.74, 6) is 0. The van der Waals surface area contributed by atoms with Crippen LogP contribution in [0.15, 0.2) is 30.5 Å². The molecule has 0 bridgehead atoms. The molecule has 0 unspecified atom stereocenters. The van der Waals surface area contributed by atoms with E-state index in [2.05, 4.69) is 5.10 Å². The van der Waals surface area contributed by atoms with Crippen molar-refractivity contribution in [1.29, 1.82) is 0 Å². The number of anilines is 1. The third kappa shape index (κ3) is 1.59. The van der Waals surface area contributed by atoms with Gasteiger partial charge in [-0.3, -0.25) is 0 Å². The molecule has 72 valence electrons. The fraction of sp³-hybridized carbons (Fsp3) is 0.100. The highest BCUT2D eigenvalue weighted by Crippen LogP contribution is 2.22. The van der Waals surface area contributed by atoms with Gasteiger partial charge in [0, 0.05) is 11.9 Å². The minimum atomic E-state index is 0.605. The van der Waals surface area contributed by atoms with Gasteiger partial charge in [-0.2, -0.15) is 5.10 Å². The van der Waals surface area contributed by atoms with Crippen molar-refractivity contribution in [3.8, 4) is 5.69 Å². The van der Waals surface area contributed by atoms with E-state index in [-0.39, 0.29) is 0 Å². The van der Waals surface area contributed by atoms with Crippen molar-refractivity contribution in [2.45, 2.75) is 6.92 Å². The Morgan fingerprint density at radius 2 is 2.14 bits per heavy atom. The summed E-state index contributed by atoms with van der Waals surface area (Å²) in [7, 11) is 0. The largest absolute Gasteiger partial charge is 0.399 e. The molecule has 0 spiro atoms. The molecule has 0 saturated heterocycles. The summed E-state index contributed by atoms with van der Waals surface area (Å²) in [4.78, 5) is 0. The summed E-state index contributed by atoms with van der Waals surface area (Å²) < 4.78 is 1.73. The topological polar surface area (TPSA) is 43.8 Å². The Bertz CT molecular complexity index is 462. The van der Waals surface area contributed by atoms with Gasteiger partial charge in [0.2, 0.25) is 0 Å². The van der Waals surface area contributed by atoms with Gasteiger partial charge in [-0.15, -0.1) is 0 Å². The zero-order valence-electron chi connectivity index (χ0n) is 7.74. The SMILES string of the molecule is Cc1ccn(-c2ccc(N)cc2Cl)n1. The van der Waals surface area contributed by atoms with E-state index < -0.39 is 0 Å². The number of nitrogen functional groups attached to an aromatic ring is 1. The molecule has 14 heavy (non-hydrogen) atoms. The summed E-state index contributed by atoms with van der Waals surface area (Å²) in [6.45, 7) is 1.93. The van der Waals surface area contributed by atoms with Crippen LogP contribution < -0.4 is 5.73 Å². The number of halogens is 1. The quantitative estimate of drug-likeness (QED) is 0.730. The van der Waals surface area contributed by atoms with Crippen molar-refractivity contribution in [3.05, 3.63) is 41.2 Å². The Morgan fingerprint density at radius 3 is 2.71 bits per heavy atom. The van der Waals surface area contributed by atoms with Gasteiger partial charge in [-0.05, 0) is 31.2 Å². The van der Waals surface area contributed by atoms with Crippen molar-refractivity contribution in [1.82, 2.24) is 9.78 Å². The maximum absolute atomic E-state index is 6.03. The second-order valence-corrected chi connectivity index (χ2v) is 3.52. The van der Waals surface area contributed by atoms with Gasteiger partial charge in [0.25, 0.3) is 0 Å². The molecule has 0 radical (unpaired) electrons. The monoisotopic (exact) mass is 207 g/mol. The molecule has 0 amide bonds. The van der Waals surface area contributed by atoms with Gasteiger partial charge in [0.15, 0.2) is 0 Å². The average molecular weight is 208 g/mol. The number of aryl methyl sites for hydroxylation is 1. The maximum atomic E-state index is 6.03. The second-order valence-electron chi connectivity index (χ2n) is 3.11. The predicted molar refractivity (Wildman–Crippen MR) is 57.7 cm³/mol. The number of hydrogen-bond donors (Lipinski definition) is 1. The molecular formula is C10H10ClN3. The zero-order valence-corrected chi connectivity index (χ0v) is 8.49. The summed E-state index contributed by atoms with van der Waals surface area (Å²) >= 11 is 6.03. The van der Waals surface area contributed by atoms with Crippen LogP contribution >= 0.6 is 11.6 Å². The third-order valence-corrected chi connectivity index (χ3v) is 2.24. The lowest BCUT2D eigenvalue weighted by atomic mass is 10.3. The van der Waals surface area contributed by atoms with Crippen LogP contribution in [0.1, 0.15) is 5.69 Å². The first-order valence-corrected chi connectivity index (χ1v) is 4.62. The Labute approximate surface area is 87.1 Å². The van der Waals surface area contributed by atoms with E-state index >= 15 is 0 Å². The first-order valence-electron chi connectivity index (χ1n) is 4.24. The molecule has 0 aliphatic carbocycles. The van der Waals surface area contributed by atoms with Gasteiger partial charge in [-0.25, -0.2) is 4.68 Å². The Hall–Kier alpha value is -1.48. The van der Waals surface area contributed by atoms with Gasteiger partial charge in [0.05, 0.1) is 16.4 Å². The van der Waals surface area contributed by atoms with E-state index in [4.69, 9.17) is 17.3 Å². The van der Waals surface area contributed by atoms with Crippen LogP contribution in [0.4, 0.5) is 5.69 Å². The molecule has 0 aliphatic heterocycles. The molecule has 0 atom stereocenters. The molecular weight excluding hydrogens is 198 g/mol. The van der Waals surface area contributed by atoms with Crippen molar-refractivity contribution in [2.75, 3.05) is 5.73 Å². The highest BCUT2D eigenvalue weighted by atomic mass is 35.5. The van der Waals surface area contributed by atoms with Gasteiger partial charge in [-0.1, -0.05) is 11.6 Å². The van der Waals surface area contributed by atoms with Crippen LogP contribution in [0.25, 0.3) is 5.69 Å². The molecule has 4 heteroatoms. The Morgan fingerprint density at radius 1 is 1.36 bits per heavy atom. The number of nitrogens with two attached hydrogens (primary N) is 1. The van der Waals surface area contributed by atoms with Gasteiger partial charge in [0.1, 0.15) is 0 Å². The Balaban J connectivity index is 2.52. The average Bonchev–Trinajstić information content (AvgIpc) is 2.51. The molecule has 2 N–H and O–H groups in total. The molecule has 0 aliphatic rings. The molecule has 0 fully saturated rings. The lowest BCUT2D eigenvalue weighted by molar-refractivity contribution is 0.863. The molecule has 1 heterocycles. The summed E-state index contributed by atoms with van der Waals surface area (Å²) in [6, 6.07) is 7.29. The highest BCUT2D eigenvalue weighted by molar-refractivity contribution is 6.32. The summed E-state index contributed by atoms with van der Waals surface area (Å²) in [5, 5.41) is 4.87. The minimum absolute atomic E-state index is 0.605. The van der Waals surface area contributed by atoms with Crippen LogP contribution in [0, 0.1) is 6.92 Å². The number of nitrogens with zero attached hydrogens (tertiary/aromatic N) is 2. The van der Waals surface area contributed by atoms with E-state index in [0.717, 1.165) is 11.4 Å². The smallest absolute Gasteiger partial charge is 0.0833 e. The number of rotatable bonds is 1. The van der Waals surface area contributed by atoms with E-state index in [1.807, 2.05) is 25.3 Å². The van der Waals surface area contributed by atoms with Crippen molar-refractivity contribution in [3.63, 3.8) is 0 Å². The van der Waals surface area contributed by atoms with Crippen LogP contribution in [0.2, 0.25) is 5.02 Å². The van der Waals surface area contributed by atoms with E-state index in [9.17, 15) is 0 Å². The molecule has 2 rings (SSSR count). The van der Waals surface area contributed by atoms with Crippen molar-refractivity contribution < 1.29 is 0 Å². The minimum Gasteiger partial charge on any atom is -0.399 e. The van der Waals surface area contributed by atoms with E-state index in [0.29, 0.717) is 10.7 Å². The van der Waals surface area contributed by atoms with E-state index in [1.54, 1.807) is 16.8 Å².